The highest BCUT2D eigenvalue weighted by Gasteiger charge is 2.20. The third-order valence-electron chi connectivity index (χ3n) is 4.17. The van der Waals surface area contributed by atoms with E-state index in [0.29, 0.717) is 11.5 Å². The Hall–Kier alpha value is -2.67. The number of aromatic hydroxyl groups is 1. The van der Waals surface area contributed by atoms with Crippen molar-refractivity contribution >= 4 is 17.0 Å². The second-order valence-corrected chi connectivity index (χ2v) is 5.81. The fraction of sp³-hybridized carbons (Fsp3) is 0.312. The third-order valence-corrected chi connectivity index (χ3v) is 4.17. The smallest absolute Gasteiger partial charge is 0.183 e. The Balaban J connectivity index is 1.81. The van der Waals surface area contributed by atoms with Crippen LogP contribution in [0.25, 0.3) is 22.6 Å². The maximum atomic E-state index is 9.70. The van der Waals surface area contributed by atoms with Gasteiger partial charge >= 0.3 is 0 Å². The van der Waals surface area contributed by atoms with Gasteiger partial charge in [-0.3, -0.25) is 0 Å². The van der Waals surface area contributed by atoms with Gasteiger partial charge in [-0.05, 0) is 19.2 Å². The number of fused-ring (bicyclic) bond motifs is 1. The molecule has 0 atom stereocenters. The molecule has 1 saturated heterocycles. The third kappa shape index (κ3) is 2.59. The highest BCUT2D eigenvalue weighted by Crippen LogP contribution is 2.27. The van der Waals surface area contributed by atoms with Crippen LogP contribution in [-0.4, -0.2) is 63.2 Å². The Kier molecular flexibility index (Phi) is 3.34. The van der Waals surface area contributed by atoms with Gasteiger partial charge in [-0.1, -0.05) is 12.1 Å². The first-order valence-electron chi connectivity index (χ1n) is 7.65. The van der Waals surface area contributed by atoms with E-state index in [4.69, 9.17) is 4.98 Å². The first-order chi connectivity index (χ1) is 11.2. The lowest BCUT2D eigenvalue weighted by molar-refractivity contribution is 0.312. The molecule has 0 aliphatic carbocycles. The highest BCUT2D eigenvalue weighted by molar-refractivity contribution is 5.85. The summed E-state index contributed by atoms with van der Waals surface area (Å²) in [7, 11) is 2.13. The molecule has 4 rings (SSSR count). The molecule has 23 heavy (non-hydrogen) atoms. The molecule has 0 bridgehead atoms. The molecule has 118 valence electrons. The molecule has 3 aromatic rings. The Morgan fingerprint density at radius 1 is 1.13 bits per heavy atom. The van der Waals surface area contributed by atoms with E-state index in [9.17, 15) is 5.11 Å². The van der Waals surface area contributed by atoms with Crippen LogP contribution < -0.4 is 4.90 Å². The summed E-state index contributed by atoms with van der Waals surface area (Å²) in [6, 6.07) is 6.99. The summed E-state index contributed by atoms with van der Waals surface area (Å²) >= 11 is 0. The number of aromatic nitrogens is 4. The van der Waals surface area contributed by atoms with Gasteiger partial charge < -0.3 is 19.9 Å². The Bertz CT molecular complexity index is 837. The molecule has 0 radical (unpaired) electrons. The Labute approximate surface area is 133 Å². The normalized spacial score (nSPS) is 16.1. The predicted molar refractivity (Wildman–Crippen MR) is 88.5 cm³/mol. The standard InChI is InChI=1S/C16H18N6O/c1-21-5-7-22(8-6-21)16-13-15(18-10-17-13)19-14(20-16)11-3-2-4-12(23)9-11/h2-4,9-10,23H,5-8H2,1H3,(H,17,18,19,20). The van der Waals surface area contributed by atoms with Crippen molar-refractivity contribution in [1.29, 1.82) is 0 Å². The first kappa shape index (κ1) is 14.0. The van der Waals surface area contributed by atoms with Crippen LogP contribution in [0.1, 0.15) is 0 Å². The second-order valence-electron chi connectivity index (χ2n) is 5.81. The van der Waals surface area contributed by atoms with Crippen LogP contribution in [0.5, 0.6) is 5.75 Å². The van der Waals surface area contributed by atoms with Gasteiger partial charge in [-0.2, -0.15) is 0 Å². The molecular formula is C16H18N6O. The predicted octanol–water partition coefficient (Wildman–Crippen LogP) is 1.48. The van der Waals surface area contributed by atoms with Crippen LogP contribution in [0, 0.1) is 0 Å². The van der Waals surface area contributed by atoms with Crippen LogP contribution in [0.3, 0.4) is 0 Å². The highest BCUT2D eigenvalue weighted by atomic mass is 16.3. The van der Waals surface area contributed by atoms with Crippen LogP contribution in [0.2, 0.25) is 0 Å². The largest absolute Gasteiger partial charge is 0.508 e. The van der Waals surface area contributed by atoms with Crippen LogP contribution in [0.15, 0.2) is 30.6 Å². The lowest BCUT2D eigenvalue weighted by Gasteiger charge is -2.33. The minimum Gasteiger partial charge on any atom is -0.508 e. The molecule has 1 aliphatic heterocycles. The molecule has 1 fully saturated rings. The van der Waals surface area contributed by atoms with E-state index < -0.39 is 0 Å². The van der Waals surface area contributed by atoms with Crippen molar-refractivity contribution < 1.29 is 5.11 Å². The number of imidazole rings is 1. The number of piperazine rings is 1. The van der Waals surface area contributed by atoms with E-state index in [0.717, 1.165) is 43.1 Å². The summed E-state index contributed by atoms with van der Waals surface area (Å²) in [6.45, 7) is 3.84. The van der Waals surface area contributed by atoms with Crippen molar-refractivity contribution in [1.82, 2.24) is 24.8 Å². The number of phenolic OH excluding ortho intramolecular Hbond substituents is 1. The van der Waals surface area contributed by atoms with Gasteiger partial charge in [0, 0.05) is 31.7 Å². The monoisotopic (exact) mass is 310 g/mol. The van der Waals surface area contributed by atoms with Gasteiger partial charge in [-0.15, -0.1) is 0 Å². The summed E-state index contributed by atoms with van der Waals surface area (Å²) in [6.07, 6.45) is 1.64. The van der Waals surface area contributed by atoms with Crippen LogP contribution >= 0.6 is 0 Å². The van der Waals surface area contributed by atoms with E-state index >= 15 is 0 Å². The molecular weight excluding hydrogens is 292 g/mol. The van der Waals surface area contributed by atoms with Crippen molar-refractivity contribution in [3.8, 4) is 17.1 Å². The minimum atomic E-state index is 0.203. The van der Waals surface area contributed by atoms with E-state index in [-0.39, 0.29) is 5.75 Å². The SMILES string of the molecule is CN1CCN(c2nc(-c3cccc(O)c3)nc3nc[nH]c23)CC1. The zero-order valence-electron chi connectivity index (χ0n) is 12.9. The fourth-order valence-electron chi connectivity index (χ4n) is 2.84. The van der Waals surface area contributed by atoms with Crippen LogP contribution in [-0.2, 0) is 0 Å². The molecule has 0 amide bonds. The molecule has 2 aromatic heterocycles. The number of H-pyrrole nitrogens is 1. The van der Waals surface area contributed by atoms with Gasteiger partial charge in [0.25, 0.3) is 0 Å². The number of likely N-dealkylation sites (N-methyl/N-ethyl adjacent to an activating group) is 1. The number of anilines is 1. The number of nitrogens with zero attached hydrogens (tertiary/aromatic N) is 5. The minimum absolute atomic E-state index is 0.203. The maximum Gasteiger partial charge on any atom is 0.183 e. The molecule has 1 aromatic carbocycles. The first-order valence-corrected chi connectivity index (χ1v) is 7.65. The molecule has 0 spiro atoms. The summed E-state index contributed by atoms with van der Waals surface area (Å²) in [5.41, 5.74) is 2.29. The molecule has 7 nitrogen and oxygen atoms in total. The average Bonchev–Trinajstić information content (AvgIpc) is 3.03. The number of nitrogens with one attached hydrogen (secondary N) is 1. The van der Waals surface area contributed by atoms with Crippen LogP contribution in [0.4, 0.5) is 5.82 Å². The Morgan fingerprint density at radius 3 is 2.74 bits per heavy atom. The molecule has 1 aliphatic rings. The molecule has 2 N–H and O–H groups in total. The van der Waals surface area contributed by atoms with Gasteiger partial charge in [0.05, 0.1) is 6.33 Å². The topological polar surface area (TPSA) is 81.2 Å². The molecule has 7 heteroatoms. The quantitative estimate of drug-likeness (QED) is 0.746. The van der Waals surface area contributed by atoms with Gasteiger partial charge in [0.15, 0.2) is 17.3 Å². The van der Waals surface area contributed by atoms with Gasteiger partial charge in [0.2, 0.25) is 0 Å². The number of hydrogen-bond acceptors (Lipinski definition) is 6. The van der Waals surface area contributed by atoms with Crippen molar-refractivity contribution in [2.45, 2.75) is 0 Å². The Morgan fingerprint density at radius 2 is 1.96 bits per heavy atom. The lowest BCUT2D eigenvalue weighted by atomic mass is 10.2. The van der Waals surface area contributed by atoms with E-state index in [1.807, 2.05) is 6.07 Å². The number of hydrogen-bond donors (Lipinski definition) is 2. The molecule has 3 heterocycles. The molecule has 0 unspecified atom stereocenters. The number of phenols is 1. The van der Waals surface area contributed by atoms with E-state index in [1.54, 1.807) is 24.5 Å². The zero-order chi connectivity index (χ0) is 15.8. The second kappa shape index (κ2) is 5.51. The summed E-state index contributed by atoms with van der Waals surface area (Å²) < 4.78 is 0. The van der Waals surface area contributed by atoms with Gasteiger partial charge in [-0.25, -0.2) is 15.0 Å². The van der Waals surface area contributed by atoms with Crippen molar-refractivity contribution in [3.63, 3.8) is 0 Å². The fourth-order valence-corrected chi connectivity index (χ4v) is 2.84. The maximum absolute atomic E-state index is 9.70. The zero-order valence-corrected chi connectivity index (χ0v) is 12.9. The van der Waals surface area contributed by atoms with Gasteiger partial charge in [0.1, 0.15) is 11.3 Å². The summed E-state index contributed by atoms with van der Waals surface area (Å²) in [5.74, 6) is 1.66. The number of benzene rings is 1. The lowest BCUT2D eigenvalue weighted by Crippen LogP contribution is -2.45. The van der Waals surface area contributed by atoms with E-state index in [2.05, 4.69) is 31.8 Å². The van der Waals surface area contributed by atoms with Crippen molar-refractivity contribution in [2.24, 2.45) is 0 Å². The number of aromatic amines is 1. The van der Waals surface area contributed by atoms with E-state index in [1.165, 1.54) is 0 Å². The van der Waals surface area contributed by atoms with Crippen molar-refractivity contribution in [3.05, 3.63) is 30.6 Å². The number of rotatable bonds is 2. The summed E-state index contributed by atoms with van der Waals surface area (Å²) in [4.78, 5) is 21.3. The average molecular weight is 310 g/mol. The summed E-state index contributed by atoms with van der Waals surface area (Å²) in [5, 5.41) is 9.70. The molecule has 0 saturated carbocycles. The van der Waals surface area contributed by atoms with Crippen molar-refractivity contribution in [2.75, 3.05) is 38.1 Å².